The highest BCUT2D eigenvalue weighted by Crippen LogP contribution is 2.29. The maximum Gasteiger partial charge on any atom is 0.358 e. The van der Waals surface area contributed by atoms with Gasteiger partial charge in [0.05, 0.1) is 22.3 Å². The van der Waals surface area contributed by atoms with Crippen molar-refractivity contribution in [2.75, 3.05) is 0 Å². The number of carboxylic acid groups (broad SMARTS) is 1. The van der Waals surface area contributed by atoms with Gasteiger partial charge in [-0.2, -0.15) is 0 Å². The Labute approximate surface area is 132 Å². The van der Waals surface area contributed by atoms with E-state index < -0.39 is 11.4 Å². The predicted octanol–water partition coefficient (Wildman–Crippen LogP) is 3.63. The van der Waals surface area contributed by atoms with Gasteiger partial charge in [-0.25, -0.2) is 9.48 Å². The monoisotopic (exact) mass is 327 g/mol. The number of aromatic nitrogens is 3. The van der Waals surface area contributed by atoms with E-state index >= 15 is 0 Å². The number of hydrogen-bond donors (Lipinski definition) is 1. The van der Waals surface area contributed by atoms with E-state index in [0.29, 0.717) is 22.3 Å². The van der Waals surface area contributed by atoms with Crippen LogP contribution in [0.5, 0.6) is 0 Å². The van der Waals surface area contributed by atoms with Gasteiger partial charge in [0.15, 0.2) is 5.69 Å². The molecule has 0 aliphatic rings. The minimum atomic E-state index is -1.09. The summed E-state index contributed by atoms with van der Waals surface area (Å²) in [5.41, 5.74) is 0.852. The van der Waals surface area contributed by atoms with Crippen LogP contribution in [0.1, 0.15) is 42.5 Å². The fraction of sp³-hybridized carbons (Fsp3) is 0.357. The van der Waals surface area contributed by atoms with Crippen LogP contribution in [0.25, 0.3) is 0 Å². The van der Waals surface area contributed by atoms with Gasteiger partial charge in [-0.05, 0) is 11.6 Å². The first kappa shape index (κ1) is 15.8. The highest BCUT2D eigenvalue weighted by Gasteiger charge is 2.29. The zero-order chi connectivity index (χ0) is 15.8. The molecule has 0 aliphatic heterocycles. The van der Waals surface area contributed by atoms with Gasteiger partial charge < -0.3 is 5.11 Å². The SMILES string of the molecule is CC(C)(C)c1c(C(=O)O)nnn1Cc1cccc(Cl)c1Cl. The van der Waals surface area contributed by atoms with Crippen molar-refractivity contribution < 1.29 is 9.90 Å². The summed E-state index contributed by atoms with van der Waals surface area (Å²) in [5, 5.41) is 17.9. The smallest absolute Gasteiger partial charge is 0.358 e. The second-order valence-electron chi connectivity index (χ2n) is 5.71. The summed E-state index contributed by atoms with van der Waals surface area (Å²) in [6, 6.07) is 5.31. The summed E-state index contributed by atoms with van der Waals surface area (Å²) >= 11 is 12.2. The molecule has 0 amide bonds. The Morgan fingerprint density at radius 1 is 1.33 bits per heavy atom. The van der Waals surface area contributed by atoms with Gasteiger partial charge in [0.2, 0.25) is 0 Å². The fourth-order valence-electron chi connectivity index (χ4n) is 2.14. The van der Waals surface area contributed by atoms with Crippen LogP contribution in [0.2, 0.25) is 10.0 Å². The third kappa shape index (κ3) is 3.19. The fourth-order valence-corrected chi connectivity index (χ4v) is 2.52. The summed E-state index contributed by atoms with van der Waals surface area (Å²) in [4.78, 5) is 11.3. The van der Waals surface area contributed by atoms with Gasteiger partial charge in [-0.3, -0.25) is 0 Å². The zero-order valence-electron chi connectivity index (χ0n) is 11.9. The number of carbonyl (C=O) groups is 1. The number of hydrogen-bond acceptors (Lipinski definition) is 3. The number of halogens is 2. The van der Waals surface area contributed by atoms with E-state index in [4.69, 9.17) is 23.2 Å². The molecule has 0 saturated carbocycles. The minimum Gasteiger partial charge on any atom is -0.476 e. The van der Waals surface area contributed by atoms with Crippen molar-refractivity contribution >= 4 is 29.2 Å². The van der Waals surface area contributed by atoms with Crippen LogP contribution in [0.3, 0.4) is 0 Å². The second kappa shape index (κ2) is 5.66. The Balaban J connectivity index is 2.50. The molecular formula is C14H15Cl2N3O2. The molecule has 2 rings (SSSR count). The van der Waals surface area contributed by atoms with Crippen molar-refractivity contribution in [1.29, 1.82) is 0 Å². The maximum atomic E-state index is 11.3. The lowest BCUT2D eigenvalue weighted by atomic mass is 9.90. The summed E-state index contributed by atoms with van der Waals surface area (Å²) in [5.74, 6) is -1.09. The molecule has 0 saturated heterocycles. The number of rotatable bonds is 3. The Kier molecular flexibility index (Phi) is 4.25. The highest BCUT2D eigenvalue weighted by molar-refractivity contribution is 6.42. The highest BCUT2D eigenvalue weighted by atomic mass is 35.5. The van der Waals surface area contributed by atoms with E-state index in [9.17, 15) is 9.90 Å². The van der Waals surface area contributed by atoms with E-state index in [1.807, 2.05) is 26.8 Å². The van der Waals surface area contributed by atoms with Crippen molar-refractivity contribution in [3.8, 4) is 0 Å². The van der Waals surface area contributed by atoms with E-state index in [1.54, 1.807) is 16.8 Å². The van der Waals surface area contributed by atoms with Crippen LogP contribution in [0, 0.1) is 0 Å². The largest absolute Gasteiger partial charge is 0.476 e. The first-order valence-corrected chi connectivity index (χ1v) is 7.07. The zero-order valence-corrected chi connectivity index (χ0v) is 13.4. The van der Waals surface area contributed by atoms with Gasteiger partial charge in [0.25, 0.3) is 0 Å². The second-order valence-corrected chi connectivity index (χ2v) is 6.50. The molecule has 0 bridgehead atoms. The van der Waals surface area contributed by atoms with Crippen molar-refractivity contribution in [3.63, 3.8) is 0 Å². The van der Waals surface area contributed by atoms with E-state index in [-0.39, 0.29) is 5.69 Å². The third-order valence-electron chi connectivity index (χ3n) is 3.00. The minimum absolute atomic E-state index is 0.0411. The lowest BCUT2D eigenvalue weighted by molar-refractivity contribution is 0.0687. The Morgan fingerprint density at radius 3 is 2.57 bits per heavy atom. The molecular weight excluding hydrogens is 313 g/mol. The topological polar surface area (TPSA) is 68.0 Å². The third-order valence-corrected chi connectivity index (χ3v) is 3.86. The molecule has 0 aliphatic carbocycles. The van der Waals surface area contributed by atoms with Crippen molar-refractivity contribution in [1.82, 2.24) is 15.0 Å². The van der Waals surface area contributed by atoms with E-state index in [2.05, 4.69) is 10.3 Å². The molecule has 2 aromatic rings. The van der Waals surface area contributed by atoms with Crippen LogP contribution in [0.15, 0.2) is 18.2 Å². The van der Waals surface area contributed by atoms with Gasteiger partial charge in [0.1, 0.15) is 0 Å². The average Bonchev–Trinajstić information content (AvgIpc) is 2.79. The van der Waals surface area contributed by atoms with Gasteiger partial charge in [-0.15, -0.1) is 5.10 Å². The molecule has 21 heavy (non-hydrogen) atoms. The first-order valence-electron chi connectivity index (χ1n) is 6.32. The van der Waals surface area contributed by atoms with Crippen LogP contribution in [-0.4, -0.2) is 26.1 Å². The number of benzene rings is 1. The number of carboxylic acids is 1. The summed E-state index contributed by atoms with van der Waals surface area (Å²) in [6.45, 7) is 6.04. The van der Waals surface area contributed by atoms with Crippen LogP contribution in [-0.2, 0) is 12.0 Å². The molecule has 0 unspecified atom stereocenters. The lowest BCUT2D eigenvalue weighted by Crippen LogP contribution is -2.22. The molecule has 0 atom stereocenters. The maximum absolute atomic E-state index is 11.3. The Morgan fingerprint density at radius 2 is 2.00 bits per heavy atom. The molecule has 1 aromatic heterocycles. The standard InChI is InChI=1S/C14H15Cl2N3O2/c1-14(2,3)12-11(13(20)21)17-18-19(12)7-8-5-4-6-9(15)10(8)16/h4-6H,7H2,1-3H3,(H,20,21). The molecule has 1 aromatic carbocycles. The Hall–Kier alpha value is -1.59. The van der Waals surface area contributed by atoms with Gasteiger partial charge in [-0.1, -0.05) is 61.3 Å². The predicted molar refractivity (Wildman–Crippen MR) is 81.2 cm³/mol. The molecule has 0 spiro atoms. The average molecular weight is 328 g/mol. The molecule has 7 heteroatoms. The lowest BCUT2D eigenvalue weighted by Gasteiger charge is -2.20. The first-order chi connectivity index (χ1) is 9.71. The normalized spacial score (nSPS) is 11.7. The quantitative estimate of drug-likeness (QED) is 0.934. The van der Waals surface area contributed by atoms with E-state index in [0.717, 1.165) is 5.56 Å². The van der Waals surface area contributed by atoms with Crippen LogP contribution >= 0.6 is 23.2 Å². The molecule has 0 radical (unpaired) electrons. The van der Waals surface area contributed by atoms with Gasteiger partial charge >= 0.3 is 5.97 Å². The molecule has 5 nitrogen and oxygen atoms in total. The Bertz CT molecular complexity index is 690. The van der Waals surface area contributed by atoms with Crippen LogP contribution in [0.4, 0.5) is 0 Å². The summed E-state index contributed by atoms with van der Waals surface area (Å²) < 4.78 is 1.56. The van der Waals surface area contributed by atoms with Gasteiger partial charge in [0, 0.05) is 5.41 Å². The molecule has 1 N–H and O–H groups in total. The summed E-state index contributed by atoms with van der Waals surface area (Å²) in [6.07, 6.45) is 0. The summed E-state index contributed by atoms with van der Waals surface area (Å²) in [7, 11) is 0. The van der Waals surface area contributed by atoms with Crippen LogP contribution < -0.4 is 0 Å². The number of nitrogens with zero attached hydrogens (tertiary/aromatic N) is 3. The van der Waals surface area contributed by atoms with Crippen molar-refractivity contribution in [2.45, 2.75) is 32.7 Å². The molecule has 0 fully saturated rings. The van der Waals surface area contributed by atoms with Crippen molar-refractivity contribution in [3.05, 3.63) is 45.2 Å². The number of aromatic carboxylic acids is 1. The molecule has 112 valence electrons. The van der Waals surface area contributed by atoms with E-state index in [1.165, 1.54) is 0 Å². The molecule has 1 heterocycles. The van der Waals surface area contributed by atoms with Crippen molar-refractivity contribution in [2.24, 2.45) is 0 Å².